The SMILES string of the molecule is CCCN(C)c1nc2c(Cl)cc(F)c(N=C=O)c2s1. The molecule has 1 heterocycles. The molecule has 2 aromatic rings. The Morgan fingerprint density at radius 2 is 2.37 bits per heavy atom. The van der Waals surface area contributed by atoms with Crippen LogP contribution in [0.1, 0.15) is 13.3 Å². The molecule has 2 rings (SSSR count). The molecule has 0 unspecified atom stereocenters. The Balaban J connectivity index is 2.66. The van der Waals surface area contributed by atoms with Gasteiger partial charge < -0.3 is 4.90 Å². The molecule has 0 spiro atoms. The van der Waals surface area contributed by atoms with Gasteiger partial charge in [0, 0.05) is 13.6 Å². The van der Waals surface area contributed by atoms with Gasteiger partial charge in [-0.2, -0.15) is 4.99 Å². The van der Waals surface area contributed by atoms with Crippen LogP contribution in [0.15, 0.2) is 11.1 Å². The van der Waals surface area contributed by atoms with Gasteiger partial charge >= 0.3 is 0 Å². The number of aliphatic imine (C=N–C) groups is 1. The lowest BCUT2D eigenvalue weighted by atomic mass is 10.3. The number of fused-ring (bicyclic) bond motifs is 1. The number of thiazole rings is 1. The topological polar surface area (TPSA) is 45.6 Å². The number of isocyanates is 1. The lowest BCUT2D eigenvalue weighted by Gasteiger charge is -2.13. The maximum absolute atomic E-state index is 13.7. The third-order valence-corrected chi connectivity index (χ3v) is 4.04. The van der Waals surface area contributed by atoms with Crippen LogP contribution in [-0.2, 0) is 4.79 Å². The highest BCUT2D eigenvalue weighted by Gasteiger charge is 2.17. The van der Waals surface area contributed by atoms with E-state index < -0.39 is 5.82 Å². The van der Waals surface area contributed by atoms with E-state index in [1.54, 1.807) is 0 Å². The van der Waals surface area contributed by atoms with Crippen LogP contribution in [0.5, 0.6) is 0 Å². The smallest absolute Gasteiger partial charge is 0.240 e. The van der Waals surface area contributed by atoms with Crippen molar-refractivity contribution in [2.75, 3.05) is 18.5 Å². The number of hydrogen-bond acceptors (Lipinski definition) is 5. The molecule has 1 aromatic carbocycles. The molecule has 19 heavy (non-hydrogen) atoms. The van der Waals surface area contributed by atoms with Crippen molar-refractivity contribution in [1.29, 1.82) is 0 Å². The first-order valence-electron chi connectivity index (χ1n) is 5.66. The van der Waals surface area contributed by atoms with Gasteiger partial charge in [-0.15, -0.1) is 0 Å². The summed E-state index contributed by atoms with van der Waals surface area (Å²) in [6.07, 6.45) is 2.32. The van der Waals surface area contributed by atoms with Crippen molar-refractivity contribution >= 4 is 50.1 Å². The number of carbonyl (C=O) groups excluding carboxylic acids is 1. The number of hydrogen-bond donors (Lipinski definition) is 0. The lowest BCUT2D eigenvalue weighted by Crippen LogP contribution is -2.17. The highest BCUT2D eigenvalue weighted by atomic mass is 35.5. The second kappa shape index (κ2) is 5.65. The number of aromatic nitrogens is 1. The first-order valence-corrected chi connectivity index (χ1v) is 6.85. The lowest BCUT2D eigenvalue weighted by molar-refractivity contribution is 0.564. The van der Waals surface area contributed by atoms with Crippen LogP contribution in [0.3, 0.4) is 0 Å². The predicted octanol–water partition coefficient (Wildman–Crippen LogP) is 3.90. The molecular weight excluding hydrogens is 289 g/mol. The highest BCUT2D eigenvalue weighted by molar-refractivity contribution is 7.22. The summed E-state index contributed by atoms with van der Waals surface area (Å²) < 4.78 is 14.2. The fraction of sp³-hybridized carbons (Fsp3) is 0.333. The number of anilines is 1. The summed E-state index contributed by atoms with van der Waals surface area (Å²) >= 11 is 7.23. The van der Waals surface area contributed by atoms with E-state index in [2.05, 4.69) is 16.9 Å². The Kier molecular flexibility index (Phi) is 4.14. The van der Waals surface area contributed by atoms with Gasteiger partial charge in [-0.3, -0.25) is 0 Å². The van der Waals surface area contributed by atoms with Gasteiger partial charge in [-0.1, -0.05) is 29.9 Å². The zero-order valence-corrected chi connectivity index (χ0v) is 12.0. The van der Waals surface area contributed by atoms with Crippen LogP contribution in [0, 0.1) is 5.82 Å². The minimum Gasteiger partial charge on any atom is -0.351 e. The zero-order valence-electron chi connectivity index (χ0n) is 10.4. The van der Waals surface area contributed by atoms with E-state index in [-0.39, 0.29) is 10.7 Å². The van der Waals surface area contributed by atoms with E-state index in [1.807, 2.05) is 11.9 Å². The molecule has 4 nitrogen and oxygen atoms in total. The fourth-order valence-corrected chi connectivity index (χ4v) is 3.08. The molecule has 0 bridgehead atoms. The van der Waals surface area contributed by atoms with Gasteiger partial charge in [0.05, 0.1) is 9.72 Å². The first-order chi connectivity index (χ1) is 9.08. The van der Waals surface area contributed by atoms with Crippen molar-refractivity contribution in [3.8, 4) is 0 Å². The third kappa shape index (κ3) is 2.61. The van der Waals surface area contributed by atoms with Crippen LogP contribution in [0.2, 0.25) is 5.02 Å². The molecule has 0 saturated heterocycles. The van der Waals surface area contributed by atoms with E-state index in [1.165, 1.54) is 17.4 Å². The van der Waals surface area contributed by atoms with Crippen LogP contribution in [0.4, 0.5) is 15.2 Å². The third-order valence-electron chi connectivity index (χ3n) is 2.58. The van der Waals surface area contributed by atoms with Crippen molar-refractivity contribution < 1.29 is 9.18 Å². The monoisotopic (exact) mass is 299 g/mol. The molecule has 7 heteroatoms. The molecular formula is C12H11ClFN3OS. The van der Waals surface area contributed by atoms with E-state index in [9.17, 15) is 9.18 Å². The average Bonchev–Trinajstić information content (AvgIpc) is 2.80. The van der Waals surface area contributed by atoms with Crippen LogP contribution < -0.4 is 4.90 Å². The van der Waals surface area contributed by atoms with Gasteiger partial charge in [0.25, 0.3) is 0 Å². The largest absolute Gasteiger partial charge is 0.351 e. The summed E-state index contributed by atoms with van der Waals surface area (Å²) in [7, 11) is 1.90. The minimum absolute atomic E-state index is 0.0527. The summed E-state index contributed by atoms with van der Waals surface area (Å²) in [5.74, 6) is -0.644. The Morgan fingerprint density at radius 1 is 1.63 bits per heavy atom. The van der Waals surface area contributed by atoms with Gasteiger partial charge in [-0.25, -0.2) is 14.2 Å². The molecule has 0 aliphatic carbocycles. The average molecular weight is 300 g/mol. The van der Waals surface area contributed by atoms with Gasteiger partial charge in [0.1, 0.15) is 11.2 Å². The van der Waals surface area contributed by atoms with E-state index >= 15 is 0 Å². The summed E-state index contributed by atoms with van der Waals surface area (Å²) in [6.45, 7) is 2.88. The molecule has 0 fully saturated rings. The van der Waals surface area contributed by atoms with Crippen molar-refractivity contribution in [3.05, 3.63) is 16.9 Å². The minimum atomic E-state index is -0.644. The second-order valence-corrected chi connectivity index (χ2v) is 5.37. The summed E-state index contributed by atoms with van der Waals surface area (Å²) in [6, 6.07) is 1.11. The Bertz CT molecular complexity index is 667. The quantitative estimate of drug-likeness (QED) is 0.635. The summed E-state index contributed by atoms with van der Waals surface area (Å²) in [5.41, 5.74) is 0.406. The molecule has 0 atom stereocenters. The van der Waals surface area contributed by atoms with Crippen molar-refractivity contribution in [3.63, 3.8) is 0 Å². The normalized spacial score (nSPS) is 10.5. The molecule has 0 saturated carbocycles. The summed E-state index contributed by atoms with van der Waals surface area (Å²) in [4.78, 5) is 20.1. The van der Waals surface area contributed by atoms with Crippen LogP contribution >= 0.6 is 22.9 Å². The molecule has 0 N–H and O–H groups in total. The number of halogens is 2. The van der Waals surface area contributed by atoms with Crippen molar-refractivity contribution in [1.82, 2.24) is 4.98 Å². The van der Waals surface area contributed by atoms with E-state index in [0.717, 1.165) is 19.0 Å². The van der Waals surface area contributed by atoms with Gasteiger partial charge in [0.15, 0.2) is 10.9 Å². The molecule has 100 valence electrons. The Hall–Kier alpha value is -1.49. The molecule has 0 aliphatic rings. The molecule has 0 amide bonds. The fourth-order valence-electron chi connectivity index (χ4n) is 1.73. The Morgan fingerprint density at radius 3 is 3.00 bits per heavy atom. The van der Waals surface area contributed by atoms with E-state index in [0.29, 0.717) is 15.3 Å². The molecule has 0 radical (unpaired) electrons. The predicted molar refractivity (Wildman–Crippen MR) is 75.9 cm³/mol. The van der Waals surface area contributed by atoms with Gasteiger partial charge in [0.2, 0.25) is 6.08 Å². The Labute approximate surface area is 118 Å². The first kappa shape index (κ1) is 13.9. The van der Waals surface area contributed by atoms with Gasteiger partial charge in [-0.05, 0) is 12.5 Å². The van der Waals surface area contributed by atoms with Crippen LogP contribution in [-0.4, -0.2) is 24.7 Å². The van der Waals surface area contributed by atoms with Crippen molar-refractivity contribution in [2.45, 2.75) is 13.3 Å². The standard InChI is InChI=1S/C12H11ClFN3OS/c1-3-4-17(2)12-16-9-7(13)5-8(14)10(15-6-18)11(9)19-12/h5H,3-4H2,1-2H3. The van der Waals surface area contributed by atoms with E-state index in [4.69, 9.17) is 11.6 Å². The number of rotatable bonds is 4. The molecule has 1 aromatic heterocycles. The second-order valence-electron chi connectivity index (χ2n) is 3.99. The number of benzene rings is 1. The number of nitrogens with zero attached hydrogens (tertiary/aromatic N) is 3. The molecule has 0 aliphatic heterocycles. The highest BCUT2D eigenvalue weighted by Crippen LogP contribution is 2.40. The maximum Gasteiger partial charge on any atom is 0.240 e. The zero-order chi connectivity index (χ0) is 14.0. The van der Waals surface area contributed by atoms with Crippen molar-refractivity contribution in [2.24, 2.45) is 4.99 Å². The summed E-state index contributed by atoms with van der Waals surface area (Å²) in [5, 5.41) is 0.927. The maximum atomic E-state index is 13.7. The van der Waals surface area contributed by atoms with Crippen LogP contribution in [0.25, 0.3) is 10.2 Å².